The van der Waals surface area contributed by atoms with Crippen molar-refractivity contribution in [3.8, 4) is 0 Å². The zero-order valence-corrected chi connectivity index (χ0v) is 14.3. The number of amides is 4. The topological polar surface area (TPSA) is 99.3 Å². The van der Waals surface area contributed by atoms with Crippen molar-refractivity contribution in [3.63, 3.8) is 0 Å². The number of hydrogen-bond donors (Lipinski definition) is 4. The van der Waals surface area contributed by atoms with Crippen LogP contribution in [-0.2, 0) is 0 Å². The van der Waals surface area contributed by atoms with Crippen molar-refractivity contribution in [3.05, 3.63) is 65.5 Å². The Morgan fingerprint density at radius 2 is 1.50 bits per heavy atom. The summed E-state index contributed by atoms with van der Waals surface area (Å²) in [6.45, 7) is 3.65. The van der Waals surface area contributed by atoms with E-state index in [1.165, 1.54) is 24.3 Å². The number of hydrazine groups is 1. The molecule has 136 valence electrons. The van der Waals surface area contributed by atoms with Gasteiger partial charge in [0.25, 0.3) is 11.8 Å². The van der Waals surface area contributed by atoms with Crippen LogP contribution >= 0.6 is 0 Å². The lowest BCUT2D eigenvalue weighted by Crippen LogP contribution is -2.41. The first kappa shape index (κ1) is 18.9. The summed E-state index contributed by atoms with van der Waals surface area (Å²) in [6, 6.07) is 10.7. The minimum atomic E-state index is -0.580. The minimum absolute atomic E-state index is 0.0249. The van der Waals surface area contributed by atoms with E-state index in [1.54, 1.807) is 12.1 Å². The van der Waals surface area contributed by atoms with Crippen LogP contribution in [0.3, 0.4) is 0 Å². The SMILES string of the molecule is CC(C)NC(=O)Nc1cccc(C(=O)NNC(=O)c2ccc(F)cc2)c1. The zero-order valence-electron chi connectivity index (χ0n) is 14.3. The van der Waals surface area contributed by atoms with Crippen molar-refractivity contribution < 1.29 is 18.8 Å². The Balaban J connectivity index is 1.94. The maximum atomic E-state index is 12.8. The number of anilines is 1. The molecule has 0 radical (unpaired) electrons. The van der Waals surface area contributed by atoms with E-state index in [9.17, 15) is 18.8 Å². The van der Waals surface area contributed by atoms with Gasteiger partial charge in [-0.3, -0.25) is 20.4 Å². The van der Waals surface area contributed by atoms with Gasteiger partial charge in [0.15, 0.2) is 0 Å². The van der Waals surface area contributed by atoms with E-state index in [-0.39, 0.29) is 23.2 Å². The number of carbonyl (C=O) groups is 3. The summed E-state index contributed by atoms with van der Waals surface area (Å²) in [5.41, 5.74) is 5.38. The molecule has 7 nitrogen and oxygen atoms in total. The lowest BCUT2D eigenvalue weighted by atomic mass is 10.2. The average molecular weight is 358 g/mol. The fourth-order valence-corrected chi connectivity index (χ4v) is 2.03. The van der Waals surface area contributed by atoms with Crippen LogP contribution < -0.4 is 21.5 Å². The minimum Gasteiger partial charge on any atom is -0.336 e. The number of carbonyl (C=O) groups excluding carboxylic acids is 3. The number of hydrogen-bond acceptors (Lipinski definition) is 3. The molecule has 4 N–H and O–H groups in total. The molecule has 8 heteroatoms. The Kier molecular flexibility index (Phi) is 6.26. The highest BCUT2D eigenvalue weighted by Crippen LogP contribution is 2.10. The Bertz CT molecular complexity index is 806. The van der Waals surface area contributed by atoms with Crippen molar-refractivity contribution in [2.24, 2.45) is 0 Å². The quantitative estimate of drug-likeness (QED) is 0.632. The first-order valence-electron chi connectivity index (χ1n) is 7.89. The summed E-state index contributed by atoms with van der Waals surface area (Å²) in [6.07, 6.45) is 0. The molecule has 0 bridgehead atoms. The molecule has 2 aromatic carbocycles. The molecule has 2 aromatic rings. The van der Waals surface area contributed by atoms with E-state index in [0.717, 1.165) is 12.1 Å². The van der Waals surface area contributed by atoms with E-state index in [2.05, 4.69) is 21.5 Å². The largest absolute Gasteiger partial charge is 0.336 e. The molecule has 0 aliphatic heterocycles. The van der Waals surface area contributed by atoms with Gasteiger partial charge >= 0.3 is 6.03 Å². The number of urea groups is 1. The third-order valence-electron chi connectivity index (χ3n) is 3.20. The van der Waals surface area contributed by atoms with Crippen LogP contribution in [-0.4, -0.2) is 23.9 Å². The number of rotatable bonds is 4. The van der Waals surface area contributed by atoms with E-state index in [0.29, 0.717) is 5.69 Å². The van der Waals surface area contributed by atoms with Gasteiger partial charge in [0.2, 0.25) is 0 Å². The monoisotopic (exact) mass is 358 g/mol. The molecular weight excluding hydrogens is 339 g/mol. The molecule has 0 unspecified atom stereocenters. The maximum absolute atomic E-state index is 12.8. The second-order valence-corrected chi connectivity index (χ2v) is 5.75. The van der Waals surface area contributed by atoms with Gasteiger partial charge in [-0.2, -0.15) is 0 Å². The standard InChI is InChI=1S/C18H19FN4O3/c1-11(2)20-18(26)21-15-5-3-4-13(10-15)17(25)23-22-16(24)12-6-8-14(19)9-7-12/h3-11H,1-2H3,(H,22,24)(H,23,25)(H2,20,21,26). The lowest BCUT2D eigenvalue weighted by molar-refractivity contribution is 0.0846. The molecule has 2 rings (SSSR count). The van der Waals surface area contributed by atoms with Gasteiger partial charge in [-0.1, -0.05) is 6.07 Å². The van der Waals surface area contributed by atoms with Crippen LogP contribution in [0, 0.1) is 5.82 Å². The molecular formula is C18H19FN4O3. The Labute approximate surface area is 149 Å². The predicted molar refractivity (Wildman–Crippen MR) is 95.1 cm³/mol. The molecule has 0 saturated heterocycles. The van der Waals surface area contributed by atoms with E-state index in [1.807, 2.05) is 13.8 Å². The number of benzene rings is 2. The molecule has 0 spiro atoms. The first-order valence-corrected chi connectivity index (χ1v) is 7.89. The fraction of sp³-hybridized carbons (Fsp3) is 0.167. The molecule has 0 aromatic heterocycles. The predicted octanol–water partition coefficient (Wildman–Crippen LogP) is 2.43. The summed E-state index contributed by atoms with van der Waals surface area (Å²) in [5.74, 6) is -1.60. The van der Waals surface area contributed by atoms with Gasteiger partial charge < -0.3 is 10.6 Å². The van der Waals surface area contributed by atoms with E-state index in [4.69, 9.17) is 0 Å². The summed E-state index contributed by atoms with van der Waals surface area (Å²) in [7, 11) is 0. The van der Waals surface area contributed by atoms with E-state index < -0.39 is 17.6 Å². The second-order valence-electron chi connectivity index (χ2n) is 5.75. The Hall–Kier alpha value is -3.42. The third-order valence-corrected chi connectivity index (χ3v) is 3.20. The third kappa shape index (κ3) is 5.59. The second kappa shape index (κ2) is 8.61. The summed E-state index contributed by atoms with van der Waals surface area (Å²) < 4.78 is 12.8. The van der Waals surface area contributed by atoms with Crippen molar-refractivity contribution in [2.45, 2.75) is 19.9 Å². The van der Waals surface area contributed by atoms with Crippen LogP contribution in [0.15, 0.2) is 48.5 Å². The van der Waals surface area contributed by atoms with Crippen molar-refractivity contribution >= 4 is 23.5 Å². The van der Waals surface area contributed by atoms with Gasteiger partial charge in [-0.05, 0) is 56.3 Å². The number of halogens is 1. The first-order chi connectivity index (χ1) is 12.3. The molecule has 4 amide bonds. The zero-order chi connectivity index (χ0) is 19.1. The molecule has 0 saturated carbocycles. The highest BCUT2D eigenvalue weighted by atomic mass is 19.1. The molecule has 0 atom stereocenters. The van der Waals surface area contributed by atoms with Crippen molar-refractivity contribution in [1.82, 2.24) is 16.2 Å². The van der Waals surface area contributed by atoms with Crippen molar-refractivity contribution in [2.75, 3.05) is 5.32 Å². The summed E-state index contributed by atoms with van der Waals surface area (Å²) in [4.78, 5) is 35.7. The van der Waals surface area contributed by atoms with E-state index >= 15 is 0 Å². The van der Waals surface area contributed by atoms with Crippen LogP contribution in [0.2, 0.25) is 0 Å². The van der Waals surface area contributed by atoms with Crippen LogP contribution in [0.4, 0.5) is 14.9 Å². The smallest absolute Gasteiger partial charge is 0.319 e. The molecule has 0 aliphatic rings. The van der Waals surface area contributed by atoms with Crippen LogP contribution in [0.25, 0.3) is 0 Å². The van der Waals surface area contributed by atoms with Crippen molar-refractivity contribution in [1.29, 1.82) is 0 Å². The summed E-state index contributed by atoms with van der Waals surface area (Å²) in [5, 5.41) is 5.28. The lowest BCUT2D eigenvalue weighted by Gasteiger charge is -2.11. The fourth-order valence-electron chi connectivity index (χ4n) is 2.03. The van der Waals surface area contributed by atoms with Gasteiger partial charge in [-0.25, -0.2) is 9.18 Å². The normalized spacial score (nSPS) is 10.2. The number of nitrogens with one attached hydrogen (secondary N) is 4. The van der Waals surface area contributed by atoms with Gasteiger partial charge in [0, 0.05) is 22.9 Å². The van der Waals surface area contributed by atoms with Crippen LogP contribution in [0.5, 0.6) is 0 Å². The average Bonchev–Trinajstić information content (AvgIpc) is 2.59. The molecule has 26 heavy (non-hydrogen) atoms. The highest BCUT2D eigenvalue weighted by Gasteiger charge is 2.11. The molecule has 0 fully saturated rings. The Morgan fingerprint density at radius 3 is 2.12 bits per heavy atom. The van der Waals surface area contributed by atoms with Crippen LogP contribution in [0.1, 0.15) is 34.6 Å². The maximum Gasteiger partial charge on any atom is 0.319 e. The van der Waals surface area contributed by atoms with Gasteiger partial charge in [0.05, 0.1) is 0 Å². The molecule has 0 aliphatic carbocycles. The van der Waals surface area contributed by atoms with Gasteiger partial charge in [0.1, 0.15) is 5.82 Å². The highest BCUT2D eigenvalue weighted by molar-refractivity contribution is 6.00. The molecule has 0 heterocycles. The summed E-state index contributed by atoms with van der Waals surface area (Å²) >= 11 is 0. The van der Waals surface area contributed by atoms with Gasteiger partial charge in [-0.15, -0.1) is 0 Å². The Morgan fingerprint density at radius 1 is 0.885 bits per heavy atom.